The molecule has 1 fully saturated rings. The van der Waals surface area contributed by atoms with Gasteiger partial charge >= 0.3 is 0 Å². The van der Waals surface area contributed by atoms with Crippen LogP contribution in [0.4, 0.5) is 5.69 Å². The number of nitrogens with zero attached hydrogens (tertiary/aromatic N) is 4. The zero-order valence-corrected chi connectivity index (χ0v) is 18.5. The van der Waals surface area contributed by atoms with E-state index in [2.05, 4.69) is 13.0 Å². The number of hydrogen-bond donors (Lipinski definition) is 0. The summed E-state index contributed by atoms with van der Waals surface area (Å²) in [6.07, 6.45) is 3.03. The lowest BCUT2D eigenvalue weighted by Gasteiger charge is -2.22. The van der Waals surface area contributed by atoms with Crippen molar-refractivity contribution in [2.24, 2.45) is 0 Å². The molecule has 5 rings (SSSR count). The van der Waals surface area contributed by atoms with Gasteiger partial charge in [-0.15, -0.1) is 0 Å². The van der Waals surface area contributed by atoms with Gasteiger partial charge in [0, 0.05) is 24.8 Å². The molecule has 7 heteroatoms. The van der Waals surface area contributed by atoms with Crippen LogP contribution >= 0.6 is 11.8 Å². The van der Waals surface area contributed by atoms with Crippen LogP contribution in [0.2, 0.25) is 0 Å². The highest BCUT2D eigenvalue weighted by atomic mass is 32.2. The van der Waals surface area contributed by atoms with E-state index in [0.29, 0.717) is 5.75 Å². The van der Waals surface area contributed by atoms with Gasteiger partial charge in [0.1, 0.15) is 6.54 Å². The molecule has 0 aliphatic carbocycles. The molecule has 1 atom stereocenters. The second-order valence-corrected chi connectivity index (χ2v) is 9.23. The van der Waals surface area contributed by atoms with Crippen molar-refractivity contribution in [3.8, 4) is 0 Å². The summed E-state index contributed by atoms with van der Waals surface area (Å²) in [6, 6.07) is 16.1. The van der Waals surface area contributed by atoms with Crippen molar-refractivity contribution < 1.29 is 9.59 Å². The molecule has 31 heavy (non-hydrogen) atoms. The second-order valence-electron chi connectivity index (χ2n) is 8.29. The fourth-order valence-corrected chi connectivity index (χ4v) is 5.53. The predicted molar refractivity (Wildman–Crippen MR) is 123 cm³/mol. The third-order valence-corrected chi connectivity index (χ3v) is 7.13. The van der Waals surface area contributed by atoms with Crippen molar-refractivity contribution in [1.29, 1.82) is 0 Å². The molecular weight excluding hydrogens is 408 g/mol. The number of para-hydroxylation sites is 3. The van der Waals surface area contributed by atoms with Crippen LogP contribution in [0, 0.1) is 0 Å². The molecular formula is C24H26N4O2S. The Morgan fingerprint density at radius 1 is 1.03 bits per heavy atom. The lowest BCUT2D eigenvalue weighted by atomic mass is 10.1. The molecule has 1 saturated heterocycles. The molecule has 1 aromatic heterocycles. The summed E-state index contributed by atoms with van der Waals surface area (Å²) in [7, 11) is 0. The lowest BCUT2D eigenvalue weighted by Crippen LogP contribution is -2.37. The molecule has 2 amide bonds. The third-order valence-electron chi connectivity index (χ3n) is 6.17. The van der Waals surface area contributed by atoms with Crippen LogP contribution in [-0.4, -0.2) is 51.1 Å². The Labute approximate surface area is 186 Å². The van der Waals surface area contributed by atoms with Crippen LogP contribution in [-0.2, 0) is 22.6 Å². The summed E-state index contributed by atoms with van der Waals surface area (Å²) >= 11 is 1.42. The Balaban J connectivity index is 1.36. The van der Waals surface area contributed by atoms with E-state index in [1.807, 2.05) is 56.8 Å². The van der Waals surface area contributed by atoms with Gasteiger partial charge in [-0.25, -0.2) is 4.98 Å². The van der Waals surface area contributed by atoms with Gasteiger partial charge in [0.15, 0.2) is 5.16 Å². The van der Waals surface area contributed by atoms with E-state index in [1.165, 1.54) is 17.3 Å². The number of likely N-dealkylation sites (tertiary alicyclic amines) is 1. The van der Waals surface area contributed by atoms with E-state index in [4.69, 9.17) is 4.98 Å². The Kier molecular flexibility index (Phi) is 5.44. The summed E-state index contributed by atoms with van der Waals surface area (Å²) in [5.74, 6) is 0.489. The lowest BCUT2D eigenvalue weighted by molar-refractivity contribution is -0.130. The molecule has 0 spiro atoms. The van der Waals surface area contributed by atoms with E-state index in [-0.39, 0.29) is 24.4 Å². The fourth-order valence-electron chi connectivity index (χ4n) is 4.66. The van der Waals surface area contributed by atoms with Gasteiger partial charge in [0.05, 0.1) is 16.8 Å². The monoisotopic (exact) mass is 434 g/mol. The zero-order valence-electron chi connectivity index (χ0n) is 17.7. The maximum Gasteiger partial charge on any atom is 0.242 e. The van der Waals surface area contributed by atoms with E-state index < -0.39 is 0 Å². The molecule has 0 radical (unpaired) electrons. The maximum absolute atomic E-state index is 13.1. The van der Waals surface area contributed by atoms with E-state index in [1.54, 1.807) is 0 Å². The molecule has 0 bridgehead atoms. The average molecular weight is 435 g/mol. The number of amides is 2. The first-order valence-corrected chi connectivity index (χ1v) is 11.9. The van der Waals surface area contributed by atoms with Crippen LogP contribution in [0.3, 0.4) is 0 Å². The first kappa shape index (κ1) is 20.1. The summed E-state index contributed by atoms with van der Waals surface area (Å²) in [5.41, 5.74) is 4.02. The van der Waals surface area contributed by atoms with Crippen molar-refractivity contribution in [3.05, 3.63) is 54.1 Å². The third kappa shape index (κ3) is 3.82. The van der Waals surface area contributed by atoms with Crippen LogP contribution in [0.15, 0.2) is 53.7 Å². The van der Waals surface area contributed by atoms with Crippen molar-refractivity contribution in [1.82, 2.24) is 14.5 Å². The number of benzene rings is 2. The maximum atomic E-state index is 13.1. The number of anilines is 1. The van der Waals surface area contributed by atoms with Crippen molar-refractivity contribution in [3.63, 3.8) is 0 Å². The van der Waals surface area contributed by atoms with Gasteiger partial charge in [-0.3, -0.25) is 9.59 Å². The smallest absolute Gasteiger partial charge is 0.242 e. The molecule has 0 unspecified atom stereocenters. The van der Waals surface area contributed by atoms with Gasteiger partial charge in [0.2, 0.25) is 11.8 Å². The molecule has 0 saturated carbocycles. The fraction of sp³-hybridized carbons (Fsp3) is 0.375. The Hall–Kier alpha value is -2.80. The van der Waals surface area contributed by atoms with E-state index >= 15 is 0 Å². The van der Waals surface area contributed by atoms with Crippen LogP contribution < -0.4 is 4.90 Å². The number of imidazole rings is 1. The van der Waals surface area contributed by atoms with E-state index in [0.717, 1.165) is 54.2 Å². The van der Waals surface area contributed by atoms with Gasteiger partial charge in [-0.05, 0) is 49.9 Å². The van der Waals surface area contributed by atoms with Crippen molar-refractivity contribution in [2.75, 3.05) is 23.7 Å². The van der Waals surface area contributed by atoms with Gasteiger partial charge in [-0.1, -0.05) is 42.1 Å². The minimum Gasteiger partial charge on any atom is -0.341 e. The Morgan fingerprint density at radius 3 is 2.61 bits per heavy atom. The van der Waals surface area contributed by atoms with Crippen molar-refractivity contribution in [2.45, 2.75) is 43.9 Å². The zero-order chi connectivity index (χ0) is 21.4. The highest BCUT2D eigenvalue weighted by molar-refractivity contribution is 7.99. The molecule has 2 aliphatic heterocycles. The summed E-state index contributed by atoms with van der Waals surface area (Å²) < 4.78 is 1.97. The second kappa shape index (κ2) is 8.38. The topological polar surface area (TPSA) is 58.4 Å². The molecule has 3 aromatic rings. The number of thioether (sulfide) groups is 1. The van der Waals surface area contributed by atoms with E-state index in [9.17, 15) is 9.59 Å². The summed E-state index contributed by atoms with van der Waals surface area (Å²) in [4.78, 5) is 34.5. The highest BCUT2D eigenvalue weighted by Gasteiger charge is 2.31. The predicted octanol–water partition coefficient (Wildman–Crippen LogP) is 3.73. The number of carbonyl (C=O) groups excluding carboxylic acids is 2. The quantitative estimate of drug-likeness (QED) is 0.574. The standard InChI is InChI=1S/C24H26N4O2S/c1-17-14-18-8-2-4-10-20(18)28(17)23(30)16-31-24-25-19-9-3-5-11-21(19)27(24)15-22(29)26-12-6-7-13-26/h2-5,8-11,17H,6-7,12-16H2,1H3/t17-/m0/s1. The largest absolute Gasteiger partial charge is 0.341 e. The highest BCUT2D eigenvalue weighted by Crippen LogP contribution is 2.33. The minimum atomic E-state index is 0.0759. The number of carbonyl (C=O) groups is 2. The Morgan fingerprint density at radius 2 is 1.77 bits per heavy atom. The summed E-state index contributed by atoms with van der Waals surface area (Å²) in [6.45, 7) is 4.02. The van der Waals surface area contributed by atoms with Crippen molar-refractivity contribution >= 4 is 40.3 Å². The van der Waals surface area contributed by atoms with Gasteiger partial charge in [0.25, 0.3) is 0 Å². The normalized spacial score (nSPS) is 18.0. The number of hydrogen-bond acceptors (Lipinski definition) is 4. The number of fused-ring (bicyclic) bond motifs is 2. The molecule has 2 aromatic carbocycles. The minimum absolute atomic E-state index is 0.0759. The Bertz CT molecular complexity index is 1140. The molecule has 6 nitrogen and oxygen atoms in total. The molecule has 160 valence electrons. The number of rotatable bonds is 5. The number of aromatic nitrogens is 2. The summed E-state index contributed by atoms with van der Waals surface area (Å²) in [5, 5.41) is 0.724. The van der Waals surface area contributed by atoms with Crippen LogP contribution in [0.25, 0.3) is 11.0 Å². The average Bonchev–Trinajstić information content (AvgIpc) is 3.49. The van der Waals surface area contributed by atoms with Gasteiger partial charge < -0.3 is 14.4 Å². The first-order valence-electron chi connectivity index (χ1n) is 10.9. The molecule has 0 N–H and O–H groups in total. The first-order chi connectivity index (χ1) is 15.1. The van der Waals surface area contributed by atoms with Crippen LogP contribution in [0.5, 0.6) is 0 Å². The molecule has 3 heterocycles. The molecule has 2 aliphatic rings. The SMILES string of the molecule is C[C@H]1Cc2ccccc2N1C(=O)CSc1nc2ccccc2n1CC(=O)N1CCCC1. The van der Waals surface area contributed by atoms with Gasteiger partial charge in [-0.2, -0.15) is 0 Å². The van der Waals surface area contributed by atoms with Crippen LogP contribution in [0.1, 0.15) is 25.3 Å².